The number of carbonyl (C=O) groups is 1. The van der Waals surface area contributed by atoms with Crippen LogP contribution >= 0.6 is 11.6 Å². The van der Waals surface area contributed by atoms with E-state index >= 15 is 0 Å². The van der Waals surface area contributed by atoms with Gasteiger partial charge in [-0.05, 0) is 53.8 Å². The topological polar surface area (TPSA) is 42.2 Å². The molecule has 1 aromatic heterocycles. The Morgan fingerprint density at radius 1 is 1.26 bits per heavy atom. The third-order valence-corrected chi connectivity index (χ3v) is 3.89. The summed E-state index contributed by atoms with van der Waals surface area (Å²) < 4.78 is 5.14. The second-order valence-electron chi connectivity index (χ2n) is 7.19. The summed E-state index contributed by atoms with van der Waals surface area (Å²) in [6.07, 6.45) is 3.17. The van der Waals surface area contributed by atoms with Crippen molar-refractivity contribution in [2.75, 3.05) is 0 Å². The molecule has 4 heteroatoms. The molecular formula is C15H22ClNO2. The predicted molar refractivity (Wildman–Crippen MR) is 76.4 cm³/mol. The number of hydrogen-bond acceptors (Lipinski definition) is 2. The van der Waals surface area contributed by atoms with Crippen LogP contribution in [-0.4, -0.2) is 11.9 Å². The molecule has 0 radical (unpaired) electrons. The van der Waals surface area contributed by atoms with E-state index in [9.17, 15) is 4.79 Å². The molecule has 1 aromatic rings. The van der Waals surface area contributed by atoms with E-state index in [4.69, 9.17) is 16.0 Å². The average molecular weight is 284 g/mol. The average Bonchev–Trinajstić information content (AvgIpc) is 2.59. The third-order valence-electron chi connectivity index (χ3n) is 3.69. The zero-order valence-corrected chi connectivity index (χ0v) is 12.8. The third kappa shape index (κ3) is 3.75. The van der Waals surface area contributed by atoms with Gasteiger partial charge < -0.3 is 9.73 Å². The van der Waals surface area contributed by atoms with Crippen LogP contribution in [0.5, 0.6) is 0 Å². The van der Waals surface area contributed by atoms with E-state index in [1.54, 1.807) is 12.1 Å². The fourth-order valence-corrected chi connectivity index (χ4v) is 3.79. The second-order valence-corrected chi connectivity index (χ2v) is 7.56. The van der Waals surface area contributed by atoms with E-state index in [1.807, 2.05) is 0 Å². The molecule has 1 heterocycles. The molecule has 0 aliphatic heterocycles. The van der Waals surface area contributed by atoms with Gasteiger partial charge in [-0.1, -0.05) is 27.7 Å². The van der Waals surface area contributed by atoms with Gasteiger partial charge in [-0.15, -0.1) is 0 Å². The molecule has 19 heavy (non-hydrogen) atoms. The van der Waals surface area contributed by atoms with Crippen LogP contribution in [0.15, 0.2) is 16.5 Å². The van der Waals surface area contributed by atoms with Crippen molar-refractivity contribution in [2.24, 2.45) is 10.8 Å². The monoisotopic (exact) mass is 283 g/mol. The first-order chi connectivity index (χ1) is 8.67. The quantitative estimate of drug-likeness (QED) is 0.881. The molecule has 3 nitrogen and oxygen atoms in total. The summed E-state index contributed by atoms with van der Waals surface area (Å²) in [4.78, 5) is 12.1. The fraction of sp³-hybridized carbons (Fsp3) is 0.667. The lowest BCUT2D eigenvalue weighted by molar-refractivity contribution is 0.0696. The molecule has 0 unspecified atom stereocenters. The molecular weight excluding hydrogens is 262 g/mol. The van der Waals surface area contributed by atoms with Crippen molar-refractivity contribution in [2.45, 2.75) is 53.0 Å². The van der Waals surface area contributed by atoms with Gasteiger partial charge in [-0.25, -0.2) is 0 Å². The summed E-state index contributed by atoms with van der Waals surface area (Å²) in [5.41, 5.74) is 0.501. The van der Waals surface area contributed by atoms with Crippen LogP contribution in [0.1, 0.15) is 57.5 Å². The zero-order chi connectivity index (χ0) is 14.3. The number of carbonyl (C=O) groups excluding carboxylic acids is 1. The smallest absolute Gasteiger partial charge is 0.287 e. The molecule has 0 spiro atoms. The SMILES string of the molecule is CC1(C)CC(NC(=O)c2ccc(Cl)o2)CC(C)(C)C1. The predicted octanol–water partition coefficient (Wildman–Crippen LogP) is 4.27. The lowest BCUT2D eigenvalue weighted by atomic mass is 9.63. The van der Waals surface area contributed by atoms with Gasteiger partial charge in [-0.2, -0.15) is 0 Å². The zero-order valence-electron chi connectivity index (χ0n) is 12.0. The Morgan fingerprint density at radius 3 is 2.32 bits per heavy atom. The van der Waals surface area contributed by atoms with Crippen LogP contribution in [-0.2, 0) is 0 Å². The summed E-state index contributed by atoms with van der Waals surface area (Å²) in [7, 11) is 0. The highest BCUT2D eigenvalue weighted by Crippen LogP contribution is 2.45. The van der Waals surface area contributed by atoms with Crippen LogP contribution in [0, 0.1) is 10.8 Å². The maximum Gasteiger partial charge on any atom is 0.287 e. The van der Waals surface area contributed by atoms with Crippen molar-refractivity contribution in [3.05, 3.63) is 23.1 Å². The largest absolute Gasteiger partial charge is 0.440 e. The molecule has 1 amide bonds. The molecule has 0 saturated heterocycles. The van der Waals surface area contributed by atoms with Gasteiger partial charge in [0.15, 0.2) is 11.0 Å². The van der Waals surface area contributed by atoms with E-state index in [1.165, 1.54) is 6.42 Å². The van der Waals surface area contributed by atoms with E-state index in [2.05, 4.69) is 33.0 Å². The first-order valence-electron chi connectivity index (χ1n) is 6.73. The number of furan rings is 1. The second kappa shape index (κ2) is 4.86. The number of nitrogens with one attached hydrogen (secondary N) is 1. The van der Waals surface area contributed by atoms with Gasteiger partial charge in [0.1, 0.15) is 0 Å². The van der Waals surface area contributed by atoms with Gasteiger partial charge in [0.25, 0.3) is 5.91 Å². The van der Waals surface area contributed by atoms with Gasteiger partial charge in [-0.3, -0.25) is 4.79 Å². The van der Waals surface area contributed by atoms with Crippen molar-refractivity contribution in [1.29, 1.82) is 0 Å². The number of amides is 1. The molecule has 1 N–H and O–H groups in total. The molecule has 1 saturated carbocycles. The lowest BCUT2D eigenvalue weighted by Gasteiger charge is -2.45. The van der Waals surface area contributed by atoms with Crippen molar-refractivity contribution >= 4 is 17.5 Å². The number of hydrogen-bond donors (Lipinski definition) is 1. The Morgan fingerprint density at radius 2 is 1.84 bits per heavy atom. The van der Waals surface area contributed by atoms with Crippen molar-refractivity contribution in [3.8, 4) is 0 Å². The molecule has 0 atom stereocenters. The van der Waals surface area contributed by atoms with E-state index < -0.39 is 0 Å². The van der Waals surface area contributed by atoms with Crippen LogP contribution < -0.4 is 5.32 Å². The highest BCUT2D eigenvalue weighted by atomic mass is 35.5. The van der Waals surface area contributed by atoms with Gasteiger partial charge in [0, 0.05) is 6.04 Å². The van der Waals surface area contributed by atoms with Crippen LogP contribution in [0.2, 0.25) is 5.22 Å². The van der Waals surface area contributed by atoms with Crippen molar-refractivity contribution in [1.82, 2.24) is 5.32 Å². The molecule has 0 bridgehead atoms. The van der Waals surface area contributed by atoms with Crippen LogP contribution in [0.3, 0.4) is 0 Å². The maximum absolute atomic E-state index is 12.1. The van der Waals surface area contributed by atoms with Crippen molar-refractivity contribution in [3.63, 3.8) is 0 Å². The maximum atomic E-state index is 12.1. The number of halogens is 1. The van der Waals surface area contributed by atoms with Gasteiger partial charge >= 0.3 is 0 Å². The fourth-order valence-electron chi connectivity index (χ4n) is 3.64. The van der Waals surface area contributed by atoms with Crippen molar-refractivity contribution < 1.29 is 9.21 Å². The minimum Gasteiger partial charge on any atom is -0.440 e. The van der Waals surface area contributed by atoms with E-state index in [0.717, 1.165) is 12.8 Å². The Balaban J connectivity index is 2.04. The minimum atomic E-state index is -0.176. The molecule has 0 aromatic carbocycles. The van der Waals surface area contributed by atoms with Gasteiger partial charge in [0.05, 0.1) is 0 Å². The summed E-state index contributed by atoms with van der Waals surface area (Å²) in [6.45, 7) is 9.04. The van der Waals surface area contributed by atoms with Crippen LogP contribution in [0.25, 0.3) is 0 Å². The summed E-state index contributed by atoms with van der Waals surface area (Å²) >= 11 is 5.69. The Kier molecular flexibility index (Phi) is 3.69. The summed E-state index contributed by atoms with van der Waals surface area (Å²) in [6, 6.07) is 3.39. The van der Waals surface area contributed by atoms with E-state index in [0.29, 0.717) is 0 Å². The first kappa shape index (κ1) is 14.4. The molecule has 2 rings (SSSR count). The molecule has 1 fully saturated rings. The summed E-state index contributed by atoms with van der Waals surface area (Å²) in [5, 5.41) is 3.31. The highest BCUT2D eigenvalue weighted by molar-refractivity contribution is 6.29. The van der Waals surface area contributed by atoms with E-state index in [-0.39, 0.29) is 33.8 Å². The summed E-state index contributed by atoms with van der Waals surface area (Å²) in [5.74, 6) is 0.108. The Labute approximate surface area is 119 Å². The minimum absolute atomic E-state index is 0.176. The molecule has 106 valence electrons. The normalized spacial score (nSPS) is 22.2. The molecule has 1 aliphatic carbocycles. The van der Waals surface area contributed by atoms with Gasteiger partial charge in [0.2, 0.25) is 0 Å². The van der Waals surface area contributed by atoms with Crippen LogP contribution in [0.4, 0.5) is 0 Å². The first-order valence-corrected chi connectivity index (χ1v) is 7.11. The molecule has 1 aliphatic rings. The highest BCUT2D eigenvalue weighted by Gasteiger charge is 2.39. The standard InChI is InChI=1S/C15H22ClNO2/c1-14(2)7-10(8-15(3,4)9-14)17-13(18)11-5-6-12(16)19-11/h5-6,10H,7-9H2,1-4H3,(H,17,18). The lowest BCUT2D eigenvalue weighted by Crippen LogP contribution is -2.45. The Hall–Kier alpha value is -0.960. The Bertz CT molecular complexity index is 460. The number of rotatable bonds is 2.